The average molecular weight is 413 g/mol. The maximum Gasteiger partial charge on any atom is 0.325 e. The van der Waals surface area contributed by atoms with Gasteiger partial charge in [0.15, 0.2) is 5.13 Å². The van der Waals surface area contributed by atoms with Gasteiger partial charge in [-0.2, -0.15) is 0 Å². The van der Waals surface area contributed by atoms with Crippen LogP contribution in [-0.2, 0) is 6.42 Å². The molecule has 0 bridgehead atoms. The first-order chi connectivity index (χ1) is 14.0. The monoisotopic (exact) mass is 412 g/mol. The minimum Gasteiger partial charge on any atom is -0.495 e. The van der Waals surface area contributed by atoms with Gasteiger partial charge in [-0.05, 0) is 36.1 Å². The van der Waals surface area contributed by atoms with E-state index in [2.05, 4.69) is 34.4 Å². The van der Waals surface area contributed by atoms with Crippen molar-refractivity contribution in [1.82, 2.24) is 9.97 Å². The highest BCUT2D eigenvalue weighted by Gasteiger charge is 2.13. The van der Waals surface area contributed by atoms with Crippen LogP contribution in [0.4, 0.5) is 15.6 Å². The molecule has 2 aromatic heterocycles. The molecule has 0 saturated carbocycles. The predicted molar refractivity (Wildman–Crippen MR) is 116 cm³/mol. The van der Waals surface area contributed by atoms with Crippen LogP contribution in [0.3, 0.4) is 0 Å². The second kappa shape index (κ2) is 9.38. The fourth-order valence-electron chi connectivity index (χ4n) is 2.89. The third kappa shape index (κ3) is 5.23. The standard InChI is InChI=1S/C21H24N4O3S/c1-13(2)9-14-5-6-16(17(10-14)27-3)24-20(26)25-21-23-12-19(29-21)15-7-8-22-11-18(15)28-4/h5-8,10-13H,9H2,1-4H3,(H2,23,24,25,26). The molecule has 2 heterocycles. The summed E-state index contributed by atoms with van der Waals surface area (Å²) in [6.45, 7) is 4.33. The molecule has 8 heteroatoms. The van der Waals surface area contributed by atoms with Crippen molar-refractivity contribution in [3.8, 4) is 21.9 Å². The van der Waals surface area contributed by atoms with Gasteiger partial charge in [0.1, 0.15) is 11.5 Å². The van der Waals surface area contributed by atoms with Gasteiger partial charge in [0.05, 0.1) is 31.0 Å². The number of hydrogen-bond acceptors (Lipinski definition) is 6. The number of carbonyl (C=O) groups is 1. The molecule has 3 aromatic rings. The molecule has 3 rings (SSSR count). The predicted octanol–water partition coefficient (Wildman–Crippen LogP) is 5.06. The molecule has 7 nitrogen and oxygen atoms in total. The van der Waals surface area contributed by atoms with E-state index in [1.807, 2.05) is 24.3 Å². The first-order valence-electron chi connectivity index (χ1n) is 9.19. The van der Waals surface area contributed by atoms with Crippen LogP contribution >= 0.6 is 11.3 Å². The minimum absolute atomic E-state index is 0.387. The van der Waals surface area contributed by atoms with E-state index in [4.69, 9.17) is 9.47 Å². The van der Waals surface area contributed by atoms with Crippen LogP contribution in [0.1, 0.15) is 19.4 Å². The van der Waals surface area contributed by atoms with Crippen LogP contribution in [0.5, 0.6) is 11.5 Å². The quantitative estimate of drug-likeness (QED) is 0.566. The van der Waals surface area contributed by atoms with E-state index in [1.54, 1.807) is 32.8 Å². The van der Waals surface area contributed by atoms with Crippen LogP contribution in [0.25, 0.3) is 10.4 Å². The lowest BCUT2D eigenvalue weighted by molar-refractivity contribution is 0.262. The lowest BCUT2D eigenvalue weighted by Gasteiger charge is -2.13. The van der Waals surface area contributed by atoms with Gasteiger partial charge < -0.3 is 14.8 Å². The fraction of sp³-hybridized carbons (Fsp3) is 0.286. The summed E-state index contributed by atoms with van der Waals surface area (Å²) in [6, 6.07) is 7.26. The number of aromatic nitrogens is 2. The number of rotatable bonds is 7. The Kier molecular flexibility index (Phi) is 6.66. The number of urea groups is 1. The molecular formula is C21H24N4O3S. The Morgan fingerprint density at radius 1 is 1.10 bits per heavy atom. The number of nitrogens with one attached hydrogen (secondary N) is 2. The maximum atomic E-state index is 12.4. The number of carbonyl (C=O) groups excluding carboxylic acids is 1. The van der Waals surface area contributed by atoms with E-state index < -0.39 is 0 Å². The molecule has 0 radical (unpaired) electrons. The molecule has 0 atom stereocenters. The molecular weight excluding hydrogens is 388 g/mol. The van der Waals surface area contributed by atoms with Crippen molar-refractivity contribution < 1.29 is 14.3 Å². The Morgan fingerprint density at radius 3 is 2.62 bits per heavy atom. The zero-order chi connectivity index (χ0) is 20.8. The molecule has 152 valence electrons. The zero-order valence-corrected chi connectivity index (χ0v) is 17.7. The topological polar surface area (TPSA) is 85.4 Å². The van der Waals surface area contributed by atoms with Gasteiger partial charge in [-0.3, -0.25) is 10.3 Å². The number of methoxy groups -OCH3 is 2. The molecule has 0 spiro atoms. The largest absolute Gasteiger partial charge is 0.495 e. The summed E-state index contributed by atoms with van der Waals surface area (Å²) in [5.74, 6) is 1.82. The van der Waals surface area contributed by atoms with Crippen molar-refractivity contribution in [2.75, 3.05) is 24.9 Å². The van der Waals surface area contributed by atoms with Crippen LogP contribution < -0.4 is 20.1 Å². The Bertz CT molecular complexity index is 988. The number of thiazole rings is 1. The molecule has 0 aliphatic heterocycles. The summed E-state index contributed by atoms with van der Waals surface area (Å²) in [5.41, 5.74) is 2.64. The Balaban J connectivity index is 1.69. The number of nitrogens with zero attached hydrogens (tertiary/aromatic N) is 2. The molecule has 29 heavy (non-hydrogen) atoms. The van der Waals surface area contributed by atoms with Crippen molar-refractivity contribution in [3.05, 3.63) is 48.4 Å². The molecule has 2 N–H and O–H groups in total. The first-order valence-corrected chi connectivity index (χ1v) is 10.0. The molecule has 0 aliphatic rings. The number of ether oxygens (including phenoxy) is 2. The van der Waals surface area contributed by atoms with Crippen molar-refractivity contribution in [2.45, 2.75) is 20.3 Å². The first kappa shape index (κ1) is 20.6. The van der Waals surface area contributed by atoms with Gasteiger partial charge in [-0.1, -0.05) is 31.3 Å². The third-order valence-corrected chi connectivity index (χ3v) is 5.10. The summed E-state index contributed by atoms with van der Waals surface area (Å²) in [4.78, 5) is 21.6. The lowest BCUT2D eigenvalue weighted by atomic mass is 10.0. The van der Waals surface area contributed by atoms with Gasteiger partial charge in [-0.25, -0.2) is 9.78 Å². The normalized spacial score (nSPS) is 10.7. The fourth-order valence-corrected chi connectivity index (χ4v) is 3.73. The zero-order valence-electron chi connectivity index (χ0n) is 16.9. The van der Waals surface area contributed by atoms with Crippen LogP contribution in [-0.4, -0.2) is 30.2 Å². The van der Waals surface area contributed by atoms with Crippen molar-refractivity contribution >= 4 is 28.2 Å². The van der Waals surface area contributed by atoms with E-state index in [9.17, 15) is 4.79 Å². The average Bonchev–Trinajstić information content (AvgIpc) is 3.16. The second-order valence-corrected chi connectivity index (χ2v) is 7.85. The summed E-state index contributed by atoms with van der Waals surface area (Å²) in [6.07, 6.45) is 5.97. The van der Waals surface area contributed by atoms with Crippen molar-refractivity contribution in [2.24, 2.45) is 5.92 Å². The summed E-state index contributed by atoms with van der Waals surface area (Å²) < 4.78 is 10.8. The molecule has 0 unspecified atom stereocenters. The number of amides is 2. The second-order valence-electron chi connectivity index (χ2n) is 6.82. The highest BCUT2D eigenvalue weighted by Crippen LogP contribution is 2.35. The third-order valence-electron chi connectivity index (χ3n) is 4.15. The molecule has 0 saturated heterocycles. The van der Waals surface area contributed by atoms with Crippen LogP contribution in [0.2, 0.25) is 0 Å². The lowest BCUT2D eigenvalue weighted by Crippen LogP contribution is -2.19. The van der Waals surface area contributed by atoms with E-state index in [1.165, 1.54) is 16.9 Å². The van der Waals surface area contributed by atoms with E-state index in [0.717, 1.165) is 16.9 Å². The summed E-state index contributed by atoms with van der Waals surface area (Å²) in [7, 11) is 3.18. The highest BCUT2D eigenvalue weighted by atomic mass is 32.1. The molecule has 0 fully saturated rings. The van der Waals surface area contributed by atoms with Crippen LogP contribution in [0.15, 0.2) is 42.9 Å². The van der Waals surface area contributed by atoms with Gasteiger partial charge >= 0.3 is 6.03 Å². The Labute approximate surface area is 174 Å². The van der Waals surface area contributed by atoms with Crippen molar-refractivity contribution in [3.63, 3.8) is 0 Å². The van der Waals surface area contributed by atoms with Gasteiger partial charge in [0, 0.05) is 18.0 Å². The number of pyridine rings is 1. The van der Waals surface area contributed by atoms with Gasteiger partial charge in [-0.15, -0.1) is 0 Å². The van der Waals surface area contributed by atoms with E-state index in [0.29, 0.717) is 28.2 Å². The van der Waals surface area contributed by atoms with Gasteiger partial charge in [0.25, 0.3) is 0 Å². The van der Waals surface area contributed by atoms with Gasteiger partial charge in [0.2, 0.25) is 0 Å². The Morgan fingerprint density at radius 2 is 1.90 bits per heavy atom. The molecule has 2 amide bonds. The molecule has 0 aliphatic carbocycles. The minimum atomic E-state index is -0.387. The van der Waals surface area contributed by atoms with Crippen LogP contribution in [0, 0.1) is 5.92 Å². The maximum absolute atomic E-state index is 12.4. The number of benzene rings is 1. The molecule has 1 aromatic carbocycles. The SMILES string of the molecule is COc1cc(CC(C)C)ccc1NC(=O)Nc1ncc(-c2ccncc2OC)s1. The highest BCUT2D eigenvalue weighted by molar-refractivity contribution is 7.19. The summed E-state index contributed by atoms with van der Waals surface area (Å²) in [5, 5.41) is 6.06. The summed E-state index contributed by atoms with van der Waals surface area (Å²) >= 11 is 1.35. The van der Waals surface area contributed by atoms with E-state index in [-0.39, 0.29) is 6.03 Å². The Hall–Kier alpha value is -3.13. The van der Waals surface area contributed by atoms with E-state index >= 15 is 0 Å². The van der Waals surface area contributed by atoms with Crippen molar-refractivity contribution in [1.29, 1.82) is 0 Å². The smallest absolute Gasteiger partial charge is 0.325 e. The number of anilines is 2. The number of hydrogen-bond donors (Lipinski definition) is 2.